The standard InChI is InChI=1S/C17H18F2N2O/c18-17(19)8-11-21(12-9-17)15-7-4-10-20-16(15)22-13-14-5-2-1-3-6-14/h1-7,10H,8-9,11-13H2. The van der Waals surface area contributed by atoms with E-state index in [4.69, 9.17) is 4.74 Å². The summed E-state index contributed by atoms with van der Waals surface area (Å²) in [5.74, 6) is -2.05. The summed E-state index contributed by atoms with van der Waals surface area (Å²) in [6.07, 6.45) is 1.41. The zero-order valence-corrected chi connectivity index (χ0v) is 12.2. The normalized spacial score (nSPS) is 17.3. The molecule has 0 aliphatic carbocycles. The fourth-order valence-corrected chi connectivity index (χ4v) is 2.53. The second kappa shape index (κ2) is 6.30. The van der Waals surface area contributed by atoms with Crippen molar-refractivity contribution in [3.63, 3.8) is 0 Å². The van der Waals surface area contributed by atoms with Crippen LogP contribution in [0, 0.1) is 0 Å². The van der Waals surface area contributed by atoms with Crippen LogP contribution in [-0.2, 0) is 6.61 Å². The molecule has 0 N–H and O–H groups in total. The lowest BCUT2D eigenvalue weighted by molar-refractivity contribution is -0.0221. The van der Waals surface area contributed by atoms with E-state index in [1.807, 2.05) is 41.3 Å². The van der Waals surface area contributed by atoms with E-state index in [9.17, 15) is 8.78 Å². The number of rotatable bonds is 4. The Morgan fingerprint density at radius 1 is 1.05 bits per heavy atom. The van der Waals surface area contributed by atoms with Crippen LogP contribution < -0.4 is 9.64 Å². The van der Waals surface area contributed by atoms with Gasteiger partial charge in [0.2, 0.25) is 5.88 Å². The van der Waals surface area contributed by atoms with Gasteiger partial charge in [0.15, 0.2) is 0 Å². The minimum atomic E-state index is -2.55. The molecule has 0 amide bonds. The zero-order chi connectivity index (χ0) is 15.4. The summed E-state index contributed by atoms with van der Waals surface area (Å²) in [5, 5.41) is 0. The Balaban J connectivity index is 1.70. The first-order valence-corrected chi connectivity index (χ1v) is 7.39. The van der Waals surface area contributed by atoms with Gasteiger partial charge in [-0.25, -0.2) is 13.8 Å². The molecule has 0 radical (unpaired) electrons. The summed E-state index contributed by atoms with van der Waals surface area (Å²) in [4.78, 5) is 6.18. The number of benzene rings is 1. The van der Waals surface area contributed by atoms with Gasteiger partial charge < -0.3 is 9.64 Å². The maximum absolute atomic E-state index is 13.3. The summed E-state index contributed by atoms with van der Waals surface area (Å²) in [6, 6.07) is 13.5. The zero-order valence-electron chi connectivity index (χ0n) is 12.2. The van der Waals surface area contributed by atoms with E-state index >= 15 is 0 Å². The number of nitrogens with zero attached hydrogens (tertiary/aromatic N) is 2. The van der Waals surface area contributed by atoms with Crippen LogP contribution >= 0.6 is 0 Å². The van der Waals surface area contributed by atoms with E-state index in [-0.39, 0.29) is 12.8 Å². The third-order valence-corrected chi connectivity index (χ3v) is 3.81. The van der Waals surface area contributed by atoms with Gasteiger partial charge in [-0.3, -0.25) is 0 Å². The van der Waals surface area contributed by atoms with Gasteiger partial charge >= 0.3 is 0 Å². The Bertz CT molecular complexity index is 609. The molecule has 2 heterocycles. The first kappa shape index (κ1) is 14.8. The maximum Gasteiger partial charge on any atom is 0.251 e. The van der Waals surface area contributed by atoms with Crippen molar-refractivity contribution in [1.29, 1.82) is 0 Å². The van der Waals surface area contributed by atoms with E-state index in [0.29, 0.717) is 25.6 Å². The molecule has 1 saturated heterocycles. The molecule has 22 heavy (non-hydrogen) atoms. The Morgan fingerprint density at radius 2 is 1.77 bits per heavy atom. The molecule has 5 heteroatoms. The highest BCUT2D eigenvalue weighted by atomic mass is 19.3. The van der Waals surface area contributed by atoms with Crippen molar-refractivity contribution in [3.05, 3.63) is 54.2 Å². The fraction of sp³-hybridized carbons (Fsp3) is 0.353. The Labute approximate surface area is 128 Å². The molecule has 0 atom stereocenters. The third kappa shape index (κ3) is 3.53. The lowest BCUT2D eigenvalue weighted by Gasteiger charge is -2.33. The number of piperidine rings is 1. The van der Waals surface area contributed by atoms with Crippen LogP contribution in [-0.4, -0.2) is 24.0 Å². The SMILES string of the molecule is FC1(F)CCN(c2cccnc2OCc2ccccc2)CC1. The quantitative estimate of drug-likeness (QED) is 0.856. The molecule has 1 fully saturated rings. The average molecular weight is 304 g/mol. The third-order valence-electron chi connectivity index (χ3n) is 3.81. The van der Waals surface area contributed by atoms with Crippen molar-refractivity contribution in [3.8, 4) is 5.88 Å². The number of anilines is 1. The predicted octanol–water partition coefficient (Wildman–Crippen LogP) is 3.90. The molecule has 0 saturated carbocycles. The number of halogens is 2. The molecule has 3 nitrogen and oxygen atoms in total. The van der Waals surface area contributed by atoms with Gasteiger partial charge in [-0.15, -0.1) is 0 Å². The van der Waals surface area contributed by atoms with Crippen molar-refractivity contribution in [2.24, 2.45) is 0 Å². The number of hydrogen-bond donors (Lipinski definition) is 0. The lowest BCUT2D eigenvalue weighted by atomic mass is 10.1. The van der Waals surface area contributed by atoms with Crippen LogP contribution in [0.1, 0.15) is 18.4 Å². The van der Waals surface area contributed by atoms with E-state index in [0.717, 1.165) is 11.3 Å². The average Bonchev–Trinajstić information content (AvgIpc) is 2.54. The highest BCUT2D eigenvalue weighted by molar-refractivity contribution is 5.55. The minimum absolute atomic E-state index is 0.125. The van der Waals surface area contributed by atoms with Crippen LogP contribution in [0.15, 0.2) is 48.7 Å². The van der Waals surface area contributed by atoms with E-state index in [1.165, 1.54) is 0 Å². The van der Waals surface area contributed by atoms with Crippen LogP contribution in [0.4, 0.5) is 14.5 Å². The molecule has 116 valence electrons. The first-order valence-electron chi connectivity index (χ1n) is 7.39. The largest absolute Gasteiger partial charge is 0.471 e. The number of ether oxygens (including phenoxy) is 1. The monoisotopic (exact) mass is 304 g/mol. The first-order chi connectivity index (χ1) is 10.6. The molecule has 2 aromatic rings. The molecule has 0 unspecified atom stereocenters. The molecule has 1 aromatic carbocycles. The summed E-state index contributed by atoms with van der Waals surface area (Å²) in [6.45, 7) is 1.05. The van der Waals surface area contributed by atoms with Crippen molar-refractivity contribution in [2.45, 2.75) is 25.4 Å². The van der Waals surface area contributed by atoms with Crippen molar-refractivity contribution < 1.29 is 13.5 Å². The smallest absolute Gasteiger partial charge is 0.251 e. The van der Waals surface area contributed by atoms with Crippen LogP contribution in [0.5, 0.6) is 5.88 Å². The van der Waals surface area contributed by atoms with E-state index < -0.39 is 5.92 Å². The van der Waals surface area contributed by atoms with Gasteiger partial charge in [-0.05, 0) is 17.7 Å². The molecule has 0 spiro atoms. The van der Waals surface area contributed by atoms with Gasteiger partial charge in [-0.1, -0.05) is 30.3 Å². The van der Waals surface area contributed by atoms with Gasteiger partial charge in [0.1, 0.15) is 6.61 Å². The molecular formula is C17H18F2N2O. The van der Waals surface area contributed by atoms with Gasteiger partial charge in [0.25, 0.3) is 5.92 Å². The second-order valence-electron chi connectivity index (χ2n) is 5.44. The van der Waals surface area contributed by atoms with E-state index in [1.54, 1.807) is 12.3 Å². The van der Waals surface area contributed by atoms with Crippen LogP contribution in [0.3, 0.4) is 0 Å². The Morgan fingerprint density at radius 3 is 2.50 bits per heavy atom. The Kier molecular flexibility index (Phi) is 4.22. The number of pyridine rings is 1. The minimum Gasteiger partial charge on any atom is -0.471 e. The number of hydrogen-bond acceptors (Lipinski definition) is 3. The van der Waals surface area contributed by atoms with E-state index in [2.05, 4.69) is 4.98 Å². The summed E-state index contributed by atoms with van der Waals surface area (Å²) >= 11 is 0. The molecule has 0 bridgehead atoms. The molecule has 1 aromatic heterocycles. The van der Waals surface area contributed by atoms with Gasteiger partial charge in [-0.2, -0.15) is 0 Å². The molecule has 3 rings (SSSR count). The van der Waals surface area contributed by atoms with Crippen molar-refractivity contribution in [1.82, 2.24) is 4.98 Å². The predicted molar refractivity (Wildman–Crippen MR) is 81.4 cm³/mol. The highest BCUT2D eigenvalue weighted by Gasteiger charge is 2.34. The summed E-state index contributed by atoms with van der Waals surface area (Å²) in [5.41, 5.74) is 1.83. The highest BCUT2D eigenvalue weighted by Crippen LogP contribution is 2.33. The number of alkyl halides is 2. The van der Waals surface area contributed by atoms with Crippen LogP contribution in [0.25, 0.3) is 0 Å². The maximum atomic E-state index is 13.3. The topological polar surface area (TPSA) is 25.4 Å². The van der Waals surface area contributed by atoms with Crippen LogP contribution in [0.2, 0.25) is 0 Å². The fourth-order valence-electron chi connectivity index (χ4n) is 2.53. The molecular weight excluding hydrogens is 286 g/mol. The molecule has 1 aliphatic heterocycles. The van der Waals surface area contributed by atoms with Crippen molar-refractivity contribution >= 4 is 5.69 Å². The second-order valence-corrected chi connectivity index (χ2v) is 5.44. The molecule has 1 aliphatic rings. The van der Waals surface area contributed by atoms with Gasteiger partial charge in [0, 0.05) is 32.1 Å². The summed E-state index contributed by atoms with van der Waals surface area (Å²) < 4.78 is 32.4. The summed E-state index contributed by atoms with van der Waals surface area (Å²) in [7, 11) is 0. The Hall–Kier alpha value is -2.17. The lowest BCUT2D eigenvalue weighted by Crippen LogP contribution is -2.39. The number of aromatic nitrogens is 1. The van der Waals surface area contributed by atoms with Gasteiger partial charge in [0.05, 0.1) is 5.69 Å². The van der Waals surface area contributed by atoms with Crippen molar-refractivity contribution in [2.75, 3.05) is 18.0 Å².